The molecule has 1 aliphatic rings. The van der Waals surface area contributed by atoms with Gasteiger partial charge in [-0.3, -0.25) is 4.79 Å². The molecule has 3 rings (SSSR count). The SMILES string of the molecule is CNC(=O)C1=C[C@H](c2ccc(C(=O)OC)cc2)C[C@H](OCc2ccc(CO)cc2)O1. The molecule has 2 N–H and O–H groups in total. The summed E-state index contributed by atoms with van der Waals surface area (Å²) in [5, 5.41) is 11.7. The van der Waals surface area contributed by atoms with Gasteiger partial charge in [0.25, 0.3) is 5.91 Å². The number of likely N-dealkylation sites (N-methyl/N-ethyl adjacent to an activating group) is 1. The fourth-order valence-electron chi connectivity index (χ4n) is 3.19. The van der Waals surface area contributed by atoms with Crippen molar-refractivity contribution in [2.75, 3.05) is 14.2 Å². The predicted octanol–water partition coefficient (Wildman–Crippen LogP) is 2.64. The lowest BCUT2D eigenvalue weighted by Crippen LogP contribution is -2.31. The molecule has 1 heterocycles. The molecule has 7 nitrogen and oxygen atoms in total. The molecule has 0 spiro atoms. The van der Waals surface area contributed by atoms with Gasteiger partial charge in [0.2, 0.25) is 6.29 Å². The molecule has 1 aliphatic heterocycles. The standard InChI is InChI=1S/C23H25NO6/c1-24-22(26)20-11-19(17-7-9-18(10-8-17)23(27)28-2)12-21(30-20)29-14-16-5-3-15(13-25)4-6-16/h3-11,19,21,25H,12-14H2,1-2H3,(H,24,26)/t19-,21+/m0/s1. The molecule has 0 saturated carbocycles. The molecule has 2 aromatic rings. The lowest BCUT2D eigenvalue weighted by Gasteiger charge is -2.29. The quantitative estimate of drug-likeness (QED) is 0.681. The highest BCUT2D eigenvalue weighted by Crippen LogP contribution is 2.32. The number of hydrogen-bond donors (Lipinski definition) is 2. The Kier molecular flexibility index (Phi) is 7.21. The Morgan fingerprint density at radius 1 is 1.10 bits per heavy atom. The normalized spacial score (nSPS) is 18.2. The average Bonchev–Trinajstić information content (AvgIpc) is 2.81. The van der Waals surface area contributed by atoms with Crippen LogP contribution in [0, 0.1) is 0 Å². The number of hydrogen-bond acceptors (Lipinski definition) is 6. The Morgan fingerprint density at radius 3 is 2.37 bits per heavy atom. The van der Waals surface area contributed by atoms with E-state index in [2.05, 4.69) is 5.32 Å². The van der Waals surface area contributed by atoms with Crippen molar-refractivity contribution in [3.8, 4) is 0 Å². The van der Waals surface area contributed by atoms with Crippen molar-refractivity contribution < 1.29 is 28.9 Å². The van der Waals surface area contributed by atoms with Gasteiger partial charge >= 0.3 is 5.97 Å². The van der Waals surface area contributed by atoms with Crippen LogP contribution in [0.1, 0.15) is 39.4 Å². The molecule has 158 valence electrons. The van der Waals surface area contributed by atoms with E-state index in [-0.39, 0.29) is 24.2 Å². The van der Waals surface area contributed by atoms with Gasteiger partial charge in [-0.15, -0.1) is 0 Å². The molecular formula is C23H25NO6. The molecular weight excluding hydrogens is 386 g/mol. The van der Waals surface area contributed by atoms with Gasteiger partial charge < -0.3 is 24.6 Å². The van der Waals surface area contributed by atoms with E-state index < -0.39 is 12.3 Å². The second kappa shape index (κ2) is 10.0. The van der Waals surface area contributed by atoms with Crippen LogP contribution in [0.4, 0.5) is 0 Å². The summed E-state index contributed by atoms with van der Waals surface area (Å²) >= 11 is 0. The summed E-state index contributed by atoms with van der Waals surface area (Å²) < 4.78 is 16.4. The van der Waals surface area contributed by atoms with Crippen LogP contribution in [0.2, 0.25) is 0 Å². The summed E-state index contributed by atoms with van der Waals surface area (Å²) in [4.78, 5) is 23.8. The van der Waals surface area contributed by atoms with E-state index in [9.17, 15) is 9.59 Å². The zero-order chi connectivity index (χ0) is 21.5. The molecule has 1 amide bonds. The van der Waals surface area contributed by atoms with Crippen molar-refractivity contribution in [1.82, 2.24) is 5.32 Å². The molecule has 0 aliphatic carbocycles. The van der Waals surface area contributed by atoms with Crippen LogP contribution >= 0.6 is 0 Å². The summed E-state index contributed by atoms with van der Waals surface area (Å²) in [5.74, 6) is -0.638. The van der Waals surface area contributed by atoms with Crippen LogP contribution in [0.5, 0.6) is 0 Å². The maximum atomic E-state index is 12.2. The van der Waals surface area contributed by atoms with Crippen molar-refractivity contribution >= 4 is 11.9 Å². The van der Waals surface area contributed by atoms with E-state index in [0.29, 0.717) is 18.6 Å². The van der Waals surface area contributed by atoms with Crippen LogP contribution < -0.4 is 5.32 Å². The van der Waals surface area contributed by atoms with Gasteiger partial charge in [0.05, 0.1) is 25.9 Å². The average molecular weight is 411 g/mol. The Morgan fingerprint density at radius 2 is 1.77 bits per heavy atom. The minimum atomic E-state index is -0.606. The molecule has 0 aromatic heterocycles. The second-order valence-corrected chi connectivity index (χ2v) is 6.90. The Balaban J connectivity index is 1.73. The third-order valence-electron chi connectivity index (χ3n) is 4.91. The monoisotopic (exact) mass is 411 g/mol. The first-order valence-corrected chi connectivity index (χ1v) is 9.63. The number of rotatable bonds is 7. The topological polar surface area (TPSA) is 94.1 Å². The van der Waals surface area contributed by atoms with Crippen molar-refractivity contribution in [2.24, 2.45) is 0 Å². The molecule has 2 atom stereocenters. The van der Waals surface area contributed by atoms with Crippen molar-refractivity contribution in [1.29, 1.82) is 0 Å². The van der Waals surface area contributed by atoms with Crippen LogP contribution in [0.25, 0.3) is 0 Å². The number of carbonyl (C=O) groups is 2. The third-order valence-corrected chi connectivity index (χ3v) is 4.91. The molecule has 0 radical (unpaired) electrons. The molecule has 0 bridgehead atoms. The molecule has 30 heavy (non-hydrogen) atoms. The number of benzene rings is 2. The fraction of sp³-hybridized carbons (Fsp3) is 0.304. The van der Waals surface area contributed by atoms with Gasteiger partial charge in [0.15, 0.2) is 5.76 Å². The first-order valence-electron chi connectivity index (χ1n) is 9.63. The number of carbonyl (C=O) groups excluding carboxylic acids is 2. The van der Waals surface area contributed by atoms with E-state index in [0.717, 1.165) is 16.7 Å². The highest BCUT2D eigenvalue weighted by molar-refractivity contribution is 5.91. The van der Waals surface area contributed by atoms with E-state index in [1.807, 2.05) is 36.4 Å². The first-order chi connectivity index (χ1) is 14.5. The molecule has 0 unspecified atom stereocenters. The fourth-order valence-corrected chi connectivity index (χ4v) is 3.19. The second-order valence-electron chi connectivity index (χ2n) is 6.90. The lowest BCUT2D eigenvalue weighted by molar-refractivity contribution is -0.150. The van der Waals surface area contributed by atoms with Gasteiger partial charge in [-0.25, -0.2) is 4.79 Å². The lowest BCUT2D eigenvalue weighted by atomic mass is 9.92. The summed E-state index contributed by atoms with van der Waals surface area (Å²) in [6.45, 7) is 0.301. The highest BCUT2D eigenvalue weighted by Gasteiger charge is 2.28. The summed E-state index contributed by atoms with van der Waals surface area (Å²) in [6, 6.07) is 14.5. The molecule has 0 fully saturated rings. The van der Waals surface area contributed by atoms with Crippen LogP contribution in [0.3, 0.4) is 0 Å². The highest BCUT2D eigenvalue weighted by atomic mass is 16.7. The van der Waals surface area contributed by atoms with Gasteiger partial charge in [0, 0.05) is 19.4 Å². The number of nitrogens with one attached hydrogen (secondary N) is 1. The molecule has 2 aromatic carbocycles. The number of aliphatic hydroxyl groups excluding tert-OH is 1. The number of ether oxygens (including phenoxy) is 3. The number of methoxy groups -OCH3 is 1. The zero-order valence-electron chi connectivity index (χ0n) is 17.0. The number of allylic oxidation sites excluding steroid dienone is 1. The van der Waals surface area contributed by atoms with Crippen LogP contribution in [0.15, 0.2) is 60.4 Å². The van der Waals surface area contributed by atoms with Crippen LogP contribution in [-0.4, -0.2) is 37.4 Å². The number of aliphatic hydroxyl groups is 1. The Hall–Kier alpha value is -3.16. The van der Waals surface area contributed by atoms with Crippen molar-refractivity contribution in [3.63, 3.8) is 0 Å². The maximum Gasteiger partial charge on any atom is 0.337 e. The Bertz CT molecular complexity index is 904. The summed E-state index contributed by atoms with van der Waals surface area (Å²) in [5.41, 5.74) is 3.16. The Labute approximate surface area is 175 Å². The summed E-state index contributed by atoms with van der Waals surface area (Å²) in [6.07, 6.45) is 1.68. The van der Waals surface area contributed by atoms with Gasteiger partial charge in [-0.2, -0.15) is 0 Å². The maximum absolute atomic E-state index is 12.2. The number of amides is 1. The molecule has 7 heteroatoms. The van der Waals surface area contributed by atoms with E-state index >= 15 is 0 Å². The minimum Gasteiger partial charge on any atom is -0.465 e. The first kappa shape index (κ1) is 21.5. The minimum absolute atomic E-state index is 0.0103. The number of esters is 1. The van der Waals surface area contributed by atoms with Gasteiger partial charge in [-0.1, -0.05) is 36.4 Å². The van der Waals surface area contributed by atoms with E-state index in [1.54, 1.807) is 25.3 Å². The van der Waals surface area contributed by atoms with Gasteiger partial charge in [-0.05, 0) is 34.9 Å². The largest absolute Gasteiger partial charge is 0.465 e. The predicted molar refractivity (Wildman–Crippen MR) is 109 cm³/mol. The van der Waals surface area contributed by atoms with Crippen LogP contribution in [-0.2, 0) is 32.2 Å². The summed E-state index contributed by atoms with van der Waals surface area (Å²) in [7, 11) is 2.88. The van der Waals surface area contributed by atoms with Gasteiger partial charge in [0.1, 0.15) is 0 Å². The smallest absolute Gasteiger partial charge is 0.337 e. The van der Waals surface area contributed by atoms with Crippen molar-refractivity contribution in [3.05, 3.63) is 82.6 Å². The van der Waals surface area contributed by atoms with E-state index in [4.69, 9.17) is 19.3 Å². The van der Waals surface area contributed by atoms with Crippen molar-refractivity contribution in [2.45, 2.75) is 31.8 Å². The van der Waals surface area contributed by atoms with E-state index in [1.165, 1.54) is 7.11 Å². The zero-order valence-corrected chi connectivity index (χ0v) is 17.0. The molecule has 0 saturated heterocycles. The third kappa shape index (κ3) is 5.25.